The normalized spacial score (nSPS) is 11.2. The number of imidazole rings is 1. The smallest absolute Gasteiger partial charge is 0.478 e. The van der Waals surface area contributed by atoms with Crippen LogP contribution in [-0.4, -0.2) is 53.6 Å². The number of aromatic carboxylic acids is 1. The maximum absolute atomic E-state index is 13.4. The molecular formula is C21H14ClF6N5O5. The minimum Gasteiger partial charge on any atom is -0.478 e. The van der Waals surface area contributed by atoms with Crippen LogP contribution >= 0.6 is 11.6 Å². The van der Waals surface area contributed by atoms with Crippen LogP contribution in [0.4, 0.5) is 32.0 Å². The summed E-state index contributed by atoms with van der Waals surface area (Å²) < 4.78 is 74.1. The monoisotopic (exact) mass is 565 g/mol. The molecule has 0 aliphatic carbocycles. The Morgan fingerprint density at radius 3 is 2.24 bits per heavy atom. The number of nitrogens with one attached hydrogen (secondary N) is 1. The molecule has 10 nitrogen and oxygen atoms in total. The minimum atomic E-state index is -5.08. The highest BCUT2D eigenvalue weighted by Crippen LogP contribution is 2.36. The van der Waals surface area contributed by atoms with Gasteiger partial charge in [0.15, 0.2) is 11.5 Å². The number of halogens is 7. The number of rotatable bonds is 5. The maximum Gasteiger partial charge on any atom is 0.490 e. The highest BCUT2D eigenvalue weighted by atomic mass is 35.5. The molecule has 202 valence electrons. The lowest BCUT2D eigenvalue weighted by Crippen LogP contribution is -2.21. The van der Waals surface area contributed by atoms with Crippen LogP contribution in [0.25, 0.3) is 11.3 Å². The SMILES string of the molecule is C#CCn1cc(-c2cnc(C(=O)Nc3ccc(C(=O)O)c(Cl)c3)n2C)c(C(F)(F)F)n1.O=C(O)C(F)(F)F. The quantitative estimate of drug-likeness (QED) is 0.312. The Balaban J connectivity index is 0.000000638. The molecule has 0 aliphatic rings. The number of benzene rings is 1. The Morgan fingerprint density at radius 1 is 1.16 bits per heavy atom. The first-order chi connectivity index (χ1) is 17.5. The number of carbonyl (C=O) groups is 3. The zero-order chi connectivity index (χ0) is 29.0. The Kier molecular flexibility index (Phi) is 8.80. The van der Waals surface area contributed by atoms with Gasteiger partial charge in [-0.2, -0.15) is 31.4 Å². The van der Waals surface area contributed by atoms with E-state index in [1.54, 1.807) is 0 Å². The largest absolute Gasteiger partial charge is 0.490 e. The fraction of sp³-hybridized carbons (Fsp3) is 0.190. The molecule has 1 aromatic carbocycles. The second kappa shape index (κ2) is 11.3. The number of amides is 1. The van der Waals surface area contributed by atoms with Gasteiger partial charge in [-0.05, 0) is 18.2 Å². The van der Waals surface area contributed by atoms with Gasteiger partial charge in [-0.15, -0.1) is 6.42 Å². The van der Waals surface area contributed by atoms with Crippen molar-refractivity contribution in [3.8, 4) is 23.6 Å². The molecule has 0 spiro atoms. The lowest BCUT2D eigenvalue weighted by atomic mass is 10.2. The minimum absolute atomic E-state index is 0.00000367. The van der Waals surface area contributed by atoms with E-state index in [0.29, 0.717) is 0 Å². The van der Waals surface area contributed by atoms with E-state index in [9.17, 15) is 35.9 Å². The van der Waals surface area contributed by atoms with Crippen LogP contribution in [0.3, 0.4) is 0 Å². The molecule has 0 atom stereocenters. The van der Waals surface area contributed by atoms with Gasteiger partial charge < -0.3 is 20.1 Å². The summed E-state index contributed by atoms with van der Waals surface area (Å²) in [6, 6.07) is 3.76. The standard InChI is InChI=1S/C19H13ClF3N5O3.C2HF3O2/c1-3-6-28-9-12(15(26-28)19(21,22)23)14-8-24-16(27(14)2)17(29)25-10-4-5-11(18(30)31)13(20)7-10;3-2(4,5)1(6)7/h1,4-5,7-9H,6H2,2H3,(H,25,29)(H,30,31);(H,6,7). The molecule has 3 aromatic rings. The van der Waals surface area contributed by atoms with E-state index in [1.165, 1.54) is 29.8 Å². The number of terminal acetylenes is 1. The molecule has 3 N–H and O–H groups in total. The lowest BCUT2D eigenvalue weighted by Gasteiger charge is -2.09. The van der Waals surface area contributed by atoms with Gasteiger partial charge in [0.05, 0.1) is 28.0 Å². The topological polar surface area (TPSA) is 139 Å². The van der Waals surface area contributed by atoms with Gasteiger partial charge in [0, 0.05) is 18.9 Å². The molecule has 3 rings (SSSR count). The number of nitrogens with zero attached hydrogens (tertiary/aromatic N) is 4. The van der Waals surface area contributed by atoms with Gasteiger partial charge in [0.1, 0.15) is 6.54 Å². The van der Waals surface area contributed by atoms with Crippen molar-refractivity contribution in [1.82, 2.24) is 19.3 Å². The van der Waals surface area contributed by atoms with E-state index < -0.39 is 35.9 Å². The first-order valence-corrected chi connectivity index (χ1v) is 10.1. The predicted molar refractivity (Wildman–Crippen MR) is 118 cm³/mol. The third-order valence-corrected chi connectivity index (χ3v) is 4.76. The summed E-state index contributed by atoms with van der Waals surface area (Å²) in [6.45, 7) is -0.165. The number of hydrogen-bond donors (Lipinski definition) is 3. The van der Waals surface area contributed by atoms with Crippen LogP contribution in [0.1, 0.15) is 26.7 Å². The van der Waals surface area contributed by atoms with Gasteiger partial charge in [0.2, 0.25) is 0 Å². The van der Waals surface area contributed by atoms with E-state index in [2.05, 4.69) is 21.3 Å². The second-order valence-electron chi connectivity index (χ2n) is 7.07. The van der Waals surface area contributed by atoms with Crippen LogP contribution in [0, 0.1) is 12.3 Å². The zero-order valence-electron chi connectivity index (χ0n) is 18.7. The molecule has 0 fully saturated rings. The third kappa shape index (κ3) is 7.03. The predicted octanol–water partition coefficient (Wildman–Crippen LogP) is 4.17. The van der Waals surface area contributed by atoms with Crippen LogP contribution in [0.2, 0.25) is 5.02 Å². The van der Waals surface area contributed by atoms with Crippen molar-refractivity contribution in [3.05, 3.63) is 52.7 Å². The Hall–Kier alpha value is -4.52. The number of hydrogen-bond acceptors (Lipinski definition) is 5. The maximum atomic E-state index is 13.4. The van der Waals surface area contributed by atoms with Gasteiger partial charge in [-0.1, -0.05) is 17.5 Å². The molecule has 17 heteroatoms. The van der Waals surface area contributed by atoms with Gasteiger partial charge in [0.25, 0.3) is 5.91 Å². The molecule has 0 bridgehead atoms. The molecule has 0 saturated carbocycles. The number of alkyl halides is 6. The van der Waals surface area contributed by atoms with E-state index >= 15 is 0 Å². The number of anilines is 1. The molecule has 2 heterocycles. The molecule has 0 aliphatic heterocycles. The molecule has 2 aromatic heterocycles. The molecular weight excluding hydrogens is 552 g/mol. The molecule has 0 radical (unpaired) electrons. The average Bonchev–Trinajstić information content (AvgIpc) is 3.37. The van der Waals surface area contributed by atoms with E-state index in [-0.39, 0.29) is 39.9 Å². The molecule has 0 saturated heterocycles. The summed E-state index contributed by atoms with van der Waals surface area (Å²) in [6.07, 6.45) is -2.44. The van der Waals surface area contributed by atoms with E-state index in [4.69, 9.17) is 33.0 Å². The van der Waals surface area contributed by atoms with Crippen molar-refractivity contribution in [2.45, 2.75) is 18.9 Å². The van der Waals surface area contributed by atoms with Gasteiger partial charge in [-0.3, -0.25) is 9.48 Å². The van der Waals surface area contributed by atoms with Crippen molar-refractivity contribution >= 4 is 35.1 Å². The summed E-state index contributed by atoms with van der Waals surface area (Å²) in [5, 5.41) is 22.0. The van der Waals surface area contributed by atoms with E-state index in [0.717, 1.165) is 17.1 Å². The average molecular weight is 566 g/mol. The van der Waals surface area contributed by atoms with Crippen LogP contribution < -0.4 is 5.32 Å². The highest BCUT2D eigenvalue weighted by Gasteiger charge is 2.39. The molecule has 38 heavy (non-hydrogen) atoms. The van der Waals surface area contributed by atoms with Crippen LogP contribution in [0.5, 0.6) is 0 Å². The summed E-state index contributed by atoms with van der Waals surface area (Å²) in [5.41, 5.74) is -1.41. The van der Waals surface area contributed by atoms with Crippen molar-refractivity contribution in [3.63, 3.8) is 0 Å². The van der Waals surface area contributed by atoms with Crippen LogP contribution in [0.15, 0.2) is 30.6 Å². The van der Waals surface area contributed by atoms with Crippen molar-refractivity contribution in [2.24, 2.45) is 7.05 Å². The lowest BCUT2D eigenvalue weighted by molar-refractivity contribution is -0.192. The fourth-order valence-corrected chi connectivity index (χ4v) is 3.08. The number of carbonyl (C=O) groups excluding carboxylic acids is 1. The van der Waals surface area contributed by atoms with Gasteiger partial charge in [-0.25, -0.2) is 14.6 Å². The second-order valence-corrected chi connectivity index (χ2v) is 7.48. The van der Waals surface area contributed by atoms with E-state index in [1.807, 2.05) is 0 Å². The fourth-order valence-electron chi connectivity index (χ4n) is 2.82. The number of aliphatic carboxylic acids is 1. The highest BCUT2D eigenvalue weighted by molar-refractivity contribution is 6.33. The third-order valence-electron chi connectivity index (χ3n) is 4.45. The summed E-state index contributed by atoms with van der Waals surface area (Å²) in [7, 11) is 1.37. The van der Waals surface area contributed by atoms with Crippen molar-refractivity contribution in [1.29, 1.82) is 0 Å². The Labute approximate surface area is 213 Å². The van der Waals surface area contributed by atoms with Crippen molar-refractivity contribution < 1.29 is 50.9 Å². The first kappa shape index (κ1) is 29.7. The first-order valence-electron chi connectivity index (χ1n) is 9.71. The summed E-state index contributed by atoms with van der Waals surface area (Å²) >= 11 is 5.87. The Morgan fingerprint density at radius 2 is 1.76 bits per heavy atom. The summed E-state index contributed by atoms with van der Waals surface area (Å²) in [5.74, 6) is -2.71. The molecule has 0 unspecified atom stereocenters. The number of aromatic nitrogens is 4. The summed E-state index contributed by atoms with van der Waals surface area (Å²) in [4.78, 5) is 36.4. The Bertz CT molecular complexity index is 1420. The number of carboxylic acid groups (broad SMARTS) is 2. The van der Waals surface area contributed by atoms with Crippen molar-refractivity contribution in [2.75, 3.05) is 5.32 Å². The molecule has 1 amide bonds. The van der Waals surface area contributed by atoms with Crippen LogP contribution in [-0.2, 0) is 24.6 Å². The zero-order valence-corrected chi connectivity index (χ0v) is 19.5. The number of carboxylic acids is 2. The van der Waals surface area contributed by atoms with Gasteiger partial charge >= 0.3 is 24.3 Å².